The summed E-state index contributed by atoms with van der Waals surface area (Å²) < 4.78 is 22.2. The first-order valence-electron chi connectivity index (χ1n) is 5.25. The molecule has 0 saturated carbocycles. The van der Waals surface area contributed by atoms with Gasteiger partial charge in [-0.15, -0.1) is 0 Å². The van der Waals surface area contributed by atoms with Gasteiger partial charge in [-0.05, 0) is 27.2 Å². The van der Waals surface area contributed by atoms with Crippen molar-refractivity contribution in [2.24, 2.45) is 0 Å². The Hall–Kier alpha value is -0.420. The topological polar surface area (TPSA) is 52.6 Å². The second kappa shape index (κ2) is 5.61. The lowest BCUT2D eigenvalue weighted by Gasteiger charge is -2.17. The zero-order chi connectivity index (χ0) is 11.4. The summed E-state index contributed by atoms with van der Waals surface area (Å²) in [7, 11) is -1.20. The SMILES string of the molecule is CCOC(=O)C(C)S(=O)C1CCOC1C. The van der Waals surface area contributed by atoms with Gasteiger partial charge >= 0.3 is 5.97 Å². The maximum Gasteiger partial charge on any atom is 0.321 e. The summed E-state index contributed by atoms with van der Waals surface area (Å²) in [5, 5.41) is -0.594. The zero-order valence-corrected chi connectivity index (χ0v) is 10.2. The van der Waals surface area contributed by atoms with E-state index >= 15 is 0 Å². The molecular formula is C10H18O4S. The highest BCUT2D eigenvalue weighted by atomic mass is 32.2. The second-order valence-corrected chi connectivity index (χ2v) is 5.60. The Morgan fingerprint density at radius 1 is 1.67 bits per heavy atom. The van der Waals surface area contributed by atoms with Crippen LogP contribution in [-0.2, 0) is 25.1 Å². The largest absolute Gasteiger partial charge is 0.465 e. The van der Waals surface area contributed by atoms with Crippen molar-refractivity contribution in [3.63, 3.8) is 0 Å². The zero-order valence-electron chi connectivity index (χ0n) is 9.39. The van der Waals surface area contributed by atoms with Gasteiger partial charge in [-0.1, -0.05) is 0 Å². The maximum absolute atomic E-state index is 12.0. The molecule has 1 fully saturated rings. The van der Waals surface area contributed by atoms with Crippen molar-refractivity contribution in [2.75, 3.05) is 13.2 Å². The minimum absolute atomic E-state index is 0.0253. The molecule has 1 heterocycles. The highest BCUT2D eigenvalue weighted by Crippen LogP contribution is 2.21. The molecule has 1 rings (SSSR count). The number of ether oxygens (including phenoxy) is 2. The Labute approximate surface area is 92.8 Å². The van der Waals surface area contributed by atoms with Crippen LogP contribution < -0.4 is 0 Å². The molecular weight excluding hydrogens is 216 g/mol. The van der Waals surface area contributed by atoms with E-state index in [-0.39, 0.29) is 17.3 Å². The minimum atomic E-state index is -1.20. The van der Waals surface area contributed by atoms with Gasteiger partial charge in [-0.3, -0.25) is 9.00 Å². The molecule has 1 saturated heterocycles. The molecule has 0 radical (unpaired) electrons. The van der Waals surface area contributed by atoms with Gasteiger partial charge < -0.3 is 9.47 Å². The summed E-state index contributed by atoms with van der Waals surface area (Å²) in [5.41, 5.74) is 0. The third kappa shape index (κ3) is 3.01. The van der Waals surface area contributed by atoms with Gasteiger partial charge in [-0.25, -0.2) is 0 Å². The molecule has 0 aromatic carbocycles. The van der Waals surface area contributed by atoms with Crippen molar-refractivity contribution in [1.82, 2.24) is 0 Å². The van der Waals surface area contributed by atoms with Gasteiger partial charge in [0.2, 0.25) is 0 Å². The first kappa shape index (κ1) is 12.6. The maximum atomic E-state index is 12.0. The van der Waals surface area contributed by atoms with Crippen LogP contribution in [0.2, 0.25) is 0 Å². The molecule has 1 aliphatic rings. The monoisotopic (exact) mass is 234 g/mol. The lowest BCUT2D eigenvalue weighted by Crippen LogP contribution is -2.35. The van der Waals surface area contributed by atoms with E-state index in [0.29, 0.717) is 13.2 Å². The van der Waals surface area contributed by atoms with Crippen LogP contribution in [0.4, 0.5) is 0 Å². The molecule has 0 aromatic rings. The number of carbonyl (C=O) groups excluding carboxylic acids is 1. The summed E-state index contributed by atoms with van der Waals surface area (Å²) in [6.07, 6.45) is 0.736. The Bertz CT molecular complexity index is 254. The molecule has 0 amide bonds. The molecule has 0 aliphatic carbocycles. The van der Waals surface area contributed by atoms with Crippen LogP contribution in [0.5, 0.6) is 0 Å². The molecule has 4 unspecified atom stereocenters. The van der Waals surface area contributed by atoms with Gasteiger partial charge in [0.1, 0.15) is 5.25 Å². The third-order valence-electron chi connectivity index (χ3n) is 2.57. The van der Waals surface area contributed by atoms with E-state index in [0.717, 1.165) is 6.42 Å². The highest BCUT2D eigenvalue weighted by molar-refractivity contribution is 7.87. The van der Waals surface area contributed by atoms with Crippen LogP contribution in [0.25, 0.3) is 0 Å². The van der Waals surface area contributed by atoms with Crippen molar-refractivity contribution in [2.45, 2.75) is 43.8 Å². The Morgan fingerprint density at radius 2 is 2.33 bits per heavy atom. The van der Waals surface area contributed by atoms with Crippen molar-refractivity contribution in [3.8, 4) is 0 Å². The number of carbonyl (C=O) groups is 1. The molecule has 15 heavy (non-hydrogen) atoms. The average Bonchev–Trinajstić information content (AvgIpc) is 2.62. The van der Waals surface area contributed by atoms with Crippen LogP contribution in [0.15, 0.2) is 0 Å². The van der Waals surface area contributed by atoms with Crippen LogP contribution >= 0.6 is 0 Å². The number of hydrogen-bond acceptors (Lipinski definition) is 4. The molecule has 0 bridgehead atoms. The predicted molar refractivity (Wildman–Crippen MR) is 58.1 cm³/mol. The van der Waals surface area contributed by atoms with Crippen molar-refractivity contribution < 1.29 is 18.5 Å². The summed E-state index contributed by atoms with van der Waals surface area (Å²) in [6.45, 7) is 6.26. The average molecular weight is 234 g/mol. The summed E-state index contributed by atoms with van der Waals surface area (Å²) >= 11 is 0. The molecule has 0 N–H and O–H groups in total. The number of hydrogen-bond donors (Lipinski definition) is 0. The first-order chi connectivity index (χ1) is 7.07. The normalized spacial score (nSPS) is 29.8. The molecule has 4 atom stereocenters. The fraction of sp³-hybridized carbons (Fsp3) is 0.900. The predicted octanol–water partition coefficient (Wildman–Crippen LogP) is 0.864. The van der Waals surface area contributed by atoms with Gasteiger partial charge in [-0.2, -0.15) is 0 Å². The quantitative estimate of drug-likeness (QED) is 0.677. The molecule has 0 spiro atoms. The van der Waals surface area contributed by atoms with E-state index < -0.39 is 16.0 Å². The Kier molecular flexibility index (Phi) is 4.73. The van der Waals surface area contributed by atoms with Gasteiger partial charge in [0.25, 0.3) is 0 Å². The lowest BCUT2D eigenvalue weighted by atomic mass is 10.3. The van der Waals surface area contributed by atoms with E-state index in [1.165, 1.54) is 0 Å². The highest BCUT2D eigenvalue weighted by Gasteiger charge is 2.35. The van der Waals surface area contributed by atoms with E-state index in [4.69, 9.17) is 9.47 Å². The van der Waals surface area contributed by atoms with Crippen molar-refractivity contribution in [1.29, 1.82) is 0 Å². The minimum Gasteiger partial charge on any atom is -0.465 e. The van der Waals surface area contributed by atoms with Gasteiger partial charge in [0.15, 0.2) is 0 Å². The fourth-order valence-electron chi connectivity index (χ4n) is 1.63. The van der Waals surface area contributed by atoms with E-state index in [9.17, 15) is 9.00 Å². The van der Waals surface area contributed by atoms with E-state index in [1.807, 2.05) is 6.92 Å². The summed E-state index contributed by atoms with van der Waals surface area (Å²) in [4.78, 5) is 11.4. The standard InChI is InChI=1S/C10H18O4S/c1-4-13-10(11)8(3)15(12)9-5-6-14-7(9)2/h7-9H,4-6H2,1-3H3. The molecule has 88 valence electrons. The van der Waals surface area contributed by atoms with E-state index in [1.54, 1.807) is 13.8 Å². The van der Waals surface area contributed by atoms with Gasteiger partial charge in [0, 0.05) is 17.4 Å². The van der Waals surface area contributed by atoms with Crippen LogP contribution in [-0.4, -0.2) is 40.0 Å². The lowest BCUT2D eigenvalue weighted by molar-refractivity contribution is -0.142. The Morgan fingerprint density at radius 3 is 2.80 bits per heavy atom. The number of esters is 1. The number of rotatable bonds is 4. The molecule has 0 aromatic heterocycles. The second-order valence-electron chi connectivity index (χ2n) is 3.63. The molecule has 1 aliphatic heterocycles. The summed E-state index contributed by atoms with van der Waals surface area (Å²) in [5.74, 6) is -0.380. The van der Waals surface area contributed by atoms with Crippen LogP contribution in [0.3, 0.4) is 0 Å². The molecule has 5 heteroatoms. The van der Waals surface area contributed by atoms with Crippen molar-refractivity contribution >= 4 is 16.8 Å². The summed E-state index contributed by atoms with van der Waals surface area (Å²) in [6, 6.07) is 0. The van der Waals surface area contributed by atoms with Gasteiger partial charge in [0.05, 0.1) is 18.0 Å². The van der Waals surface area contributed by atoms with Crippen molar-refractivity contribution in [3.05, 3.63) is 0 Å². The van der Waals surface area contributed by atoms with Crippen LogP contribution in [0, 0.1) is 0 Å². The van der Waals surface area contributed by atoms with E-state index in [2.05, 4.69) is 0 Å². The molecule has 4 nitrogen and oxygen atoms in total. The van der Waals surface area contributed by atoms with Crippen LogP contribution in [0.1, 0.15) is 27.2 Å². The third-order valence-corrected chi connectivity index (χ3v) is 4.68. The smallest absolute Gasteiger partial charge is 0.321 e. The fourth-order valence-corrected chi connectivity index (χ4v) is 3.20. The first-order valence-corrected chi connectivity index (χ1v) is 6.53. The Balaban J connectivity index is 2.55.